The van der Waals surface area contributed by atoms with Crippen molar-refractivity contribution in [2.45, 2.75) is 33.0 Å². The highest BCUT2D eigenvalue weighted by Gasteiger charge is 2.21. The average molecular weight is 555 g/mol. The predicted molar refractivity (Wildman–Crippen MR) is 126 cm³/mol. The second-order valence-corrected chi connectivity index (χ2v) is 8.31. The maximum atomic E-state index is 6.02. The summed E-state index contributed by atoms with van der Waals surface area (Å²) >= 11 is 7.67. The Balaban J connectivity index is 0.00000300. The van der Waals surface area contributed by atoms with Gasteiger partial charge in [-0.3, -0.25) is 9.89 Å². The Morgan fingerprint density at radius 2 is 2.14 bits per heavy atom. The number of aromatic nitrogens is 2. The Kier molecular flexibility index (Phi) is 10.1. The maximum Gasteiger partial charge on any atom is 0.246 e. The van der Waals surface area contributed by atoms with Crippen LogP contribution in [-0.4, -0.2) is 65.7 Å². The van der Waals surface area contributed by atoms with Gasteiger partial charge in [0.2, 0.25) is 5.89 Å². The highest BCUT2D eigenvalue weighted by atomic mass is 127. The van der Waals surface area contributed by atoms with Gasteiger partial charge in [-0.15, -0.1) is 35.3 Å². The largest absolute Gasteiger partial charge is 0.371 e. The van der Waals surface area contributed by atoms with Gasteiger partial charge in [0.05, 0.1) is 10.9 Å². The SMILES string of the molecule is CCOC(C)c1noc(CNC(=NC)N2CCN(Cc3ccc(Cl)s3)CC2)n1.I. The summed E-state index contributed by atoms with van der Waals surface area (Å²) in [7, 11) is 1.79. The van der Waals surface area contributed by atoms with Crippen LogP contribution >= 0.6 is 46.9 Å². The highest BCUT2D eigenvalue weighted by molar-refractivity contribution is 14.0. The van der Waals surface area contributed by atoms with Gasteiger partial charge in [0.25, 0.3) is 0 Å². The topological polar surface area (TPSA) is 79.0 Å². The van der Waals surface area contributed by atoms with Gasteiger partial charge in [-0.05, 0) is 26.0 Å². The zero-order valence-corrected chi connectivity index (χ0v) is 20.8. The van der Waals surface area contributed by atoms with E-state index < -0.39 is 0 Å². The van der Waals surface area contributed by atoms with E-state index in [4.69, 9.17) is 20.9 Å². The van der Waals surface area contributed by atoms with Crippen molar-refractivity contribution in [1.82, 2.24) is 25.3 Å². The maximum absolute atomic E-state index is 6.02. The van der Waals surface area contributed by atoms with E-state index >= 15 is 0 Å². The summed E-state index contributed by atoms with van der Waals surface area (Å²) in [4.78, 5) is 14.8. The summed E-state index contributed by atoms with van der Waals surface area (Å²) in [6.07, 6.45) is -0.173. The van der Waals surface area contributed by atoms with Crippen molar-refractivity contribution >= 4 is 52.9 Å². The van der Waals surface area contributed by atoms with E-state index in [1.54, 1.807) is 18.4 Å². The fourth-order valence-electron chi connectivity index (χ4n) is 3.09. The first-order valence-corrected chi connectivity index (χ1v) is 10.6. The number of aliphatic imine (C=N–C) groups is 1. The molecule has 0 saturated carbocycles. The monoisotopic (exact) mass is 554 g/mol. The molecule has 1 fully saturated rings. The van der Waals surface area contributed by atoms with Crippen LogP contribution in [0.5, 0.6) is 0 Å². The fraction of sp³-hybridized carbons (Fsp3) is 0.611. The van der Waals surface area contributed by atoms with Crippen molar-refractivity contribution in [3.63, 3.8) is 0 Å². The van der Waals surface area contributed by atoms with E-state index in [-0.39, 0.29) is 30.1 Å². The Morgan fingerprint density at radius 1 is 1.38 bits per heavy atom. The van der Waals surface area contributed by atoms with Gasteiger partial charge in [-0.2, -0.15) is 4.98 Å². The van der Waals surface area contributed by atoms with Gasteiger partial charge in [-0.1, -0.05) is 16.8 Å². The number of halogens is 2. The predicted octanol–water partition coefficient (Wildman–Crippen LogP) is 3.39. The van der Waals surface area contributed by atoms with Crippen LogP contribution < -0.4 is 5.32 Å². The molecule has 1 unspecified atom stereocenters. The standard InChI is InChI=1S/C18H27ClN6O2S.HI/c1-4-26-13(2)17-22-16(27-23-17)11-21-18(20-3)25-9-7-24(8-10-25)12-14-5-6-15(19)28-14;/h5-6,13H,4,7-12H2,1-3H3,(H,20,21);1H. The minimum atomic E-state index is -0.173. The summed E-state index contributed by atoms with van der Waals surface area (Å²) in [5.74, 6) is 1.93. The second-order valence-electron chi connectivity index (χ2n) is 6.51. The normalized spacial score (nSPS) is 16.6. The smallest absolute Gasteiger partial charge is 0.246 e. The zero-order valence-electron chi connectivity index (χ0n) is 16.9. The Labute approximate surface area is 197 Å². The van der Waals surface area contributed by atoms with Crippen molar-refractivity contribution in [3.8, 4) is 0 Å². The molecule has 0 amide bonds. The molecule has 3 heterocycles. The number of nitrogens with one attached hydrogen (secondary N) is 1. The third-order valence-electron chi connectivity index (χ3n) is 4.55. The van der Waals surface area contributed by atoms with Crippen molar-refractivity contribution in [3.05, 3.63) is 33.1 Å². The molecule has 29 heavy (non-hydrogen) atoms. The Morgan fingerprint density at radius 3 is 2.76 bits per heavy atom. The third kappa shape index (κ3) is 7.06. The van der Waals surface area contributed by atoms with E-state index in [0.717, 1.165) is 43.0 Å². The van der Waals surface area contributed by atoms with Crippen LogP contribution in [0.4, 0.5) is 0 Å². The first kappa shape index (κ1) is 24.3. The molecule has 3 rings (SSSR count). The van der Waals surface area contributed by atoms with E-state index in [0.29, 0.717) is 24.9 Å². The molecule has 0 aromatic carbocycles. The minimum Gasteiger partial charge on any atom is -0.371 e. The molecular formula is C18H28ClIN6O2S. The van der Waals surface area contributed by atoms with E-state index in [1.165, 1.54) is 4.88 Å². The summed E-state index contributed by atoms with van der Waals surface area (Å²) < 4.78 is 11.6. The van der Waals surface area contributed by atoms with Crippen LogP contribution in [0.1, 0.15) is 36.5 Å². The minimum absolute atomic E-state index is 0. The molecule has 0 spiro atoms. The molecule has 8 nitrogen and oxygen atoms in total. The second kappa shape index (κ2) is 12.0. The van der Waals surface area contributed by atoms with Gasteiger partial charge in [0.15, 0.2) is 11.8 Å². The molecule has 0 aliphatic carbocycles. The van der Waals surface area contributed by atoms with Crippen LogP contribution in [0.2, 0.25) is 4.34 Å². The van der Waals surface area contributed by atoms with Crippen LogP contribution in [0.25, 0.3) is 0 Å². The first-order valence-electron chi connectivity index (χ1n) is 9.45. The molecule has 2 aromatic heterocycles. The molecule has 0 radical (unpaired) electrons. The van der Waals surface area contributed by atoms with E-state index in [9.17, 15) is 0 Å². The molecular weight excluding hydrogens is 527 g/mol. The highest BCUT2D eigenvalue weighted by Crippen LogP contribution is 2.23. The number of thiophene rings is 1. The zero-order chi connectivity index (χ0) is 19.9. The number of rotatable bonds is 7. The third-order valence-corrected chi connectivity index (χ3v) is 5.77. The quantitative estimate of drug-likeness (QED) is 0.319. The summed E-state index contributed by atoms with van der Waals surface area (Å²) in [6.45, 7) is 9.63. The molecule has 1 aliphatic rings. The van der Waals surface area contributed by atoms with Crippen LogP contribution in [0.15, 0.2) is 21.6 Å². The molecule has 1 aliphatic heterocycles. The van der Waals surface area contributed by atoms with Crippen molar-refractivity contribution in [2.75, 3.05) is 39.8 Å². The van der Waals surface area contributed by atoms with Gasteiger partial charge >= 0.3 is 0 Å². The molecule has 1 N–H and O–H groups in total. The van der Waals surface area contributed by atoms with Crippen molar-refractivity contribution in [2.24, 2.45) is 4.99 Å². The number of hydrogen-bond donors (Lipinski definition) is 1. The lowest BCUT2D eigenvalue weighted by Crippen LogP contribution is -2.52. The van der Waals surface area contributed by atoms with Gasteiger partial charge in [0.1, 0.15) is 6.10 Å². The Hall–Kier alpha value is -0.950. The summed E-state index contributed by atoms with van der Waals surface area (Å²) in [5, 5.41) is 7.30. The molecule has 1 atom stereocenters. The van der Waals surface area contributed by atoms with Crippen LogP contribution in [0, 0.1) is 0 Å². The molecule has 0 bridgehead atoms. The van der Waals surface area contributed by atoms with Crippen molar-refractivity contribution < 1.29 is 9.26 Å². The van der Waals surface area contributed by atoms with E-state index in [1.807, 2.05) is 19.9 Å². The van der Waals surface area contributed by atoms with Gasteiger partial charge < -0.3 is 19.5 Å². The van der Waals surface area contributed by atoms with E-state index in [2.05, 4.69) is 36.3 Å². The summed E-state index contributed by atoms with van der Waals surface area (Å²) in [5.41, 5.74) is 0. The number of hydrogen-bond acceptors (Lipinski definition) is 7. The lowest BCUT2D eigenvalue weighted by molar-refractivity contribution is 0.0683. The Bertz CT molecular complexity index is 778. The lowest BCUT2D eigenvalue weighted by atomic mass is 10.3. The van der Waals surface area contributed by atoms with Gasteiger partial charge in [-0.25, -0.2) is 0 Å². The number of guanidine groups is 1. The van der Waals surface area contributed by atoms with Crippen LogP contribution in [0.3, 0.4) is 0 Å². The number of nitrogens with zero attached hydrogens (tertiary/aromatic N) is 5. The van der Waals surface area contributed by atoms with Gasteiger partial charge in [0, 0.05) is 51.3 Å². The van der Waals surface area contributed by atoms with Crippen molar-refractivity contribution in [1.29, 1.82) is 0 Å². The molecule has 1 saturated heterocycles. The average Bonchev–Trinajstić information content (AvgIpc) is 3.33. The lowest BCUT2D eigenvalue weighted by Gasteiger charge is -2.36. The van der Waals surface area contributed by atoms with Crippen LogP contribution in [-0.2, 0) is 17.8 Å². The number of piperazine rings is 1. The molecule has 162 valence electrons. The molecule has 2 aromatic rings. The fourth-order valence-corrected chi connectivity index (χ4v) is 4.22. The number of ether oxygens (including phenoxy) is 1. The first-order chi connectivity index (χ1) is 13.6. The molecule has 11 heteroatoms. The summed E-state index contributed by atoms with van der Waals surface area (Å²) in [6, 6.07) is 4.06.